The predicted octanol–water partition coefficient (Wildman–Crippen LogP) is 3.10. The molecule has 0 saturated carbocycles. The van der Waals surface area contributed by atoms with Crippen LogP contribution < -0.4 is 19.6 Å². The molecule has 0 saturated heterocycles. The van der Waals surface area contributed by atoms with E-state index in [-0.39, 0.29) is 22.9 Å². The van der Waals surface area contributed by atoms with Gasteiger partial charge in [-0.3, -0.25) is 19.5 Å². The van der Waals surface area contributed by atoms with E-state index in [1.165, 1.54) is 23.8 Å². The van der Waals surface area contributed by atoms with Crippen molar-refractivity contribution in [3.05, 3.63) is 101 Å². The van der Waals surface area contributed by atoms with E-state index in [0.717, 1.165) is 11.3 Å². The third-order valence-corrected chi connectivity index (χ3v) is 6.36. The average molecular weight is 494 g/mol. The molecule has 3 aromatic rings. The van der Waals surface area contributed by atoms with Crippen LogP contribution in [0.4, 0.5) is 5.69 Å². The summed E-state index contributed by atoms with van der Waals surface area (Å²) in [6.45, 7) is 5.48. The fraction of sp³-hybridized carbons (Fsp3) is 0.240. The molecule has 4 rings (SSSR count). The van der Waals surface area contributed by atoms with Gasteiger partial charge >= 0.3 is 5.97 Å². The van der Waals surface area contributed by atoms with Crippen molar-refractivity contribution in [1.29, 1.82) is 0 Å². The summed E-state index contributed by atoms with van der Waals surface area (Å²) >= 11 is 1.15. The highest BCUT2D eigenvalue weighted by Crippen LogP contribution is 2.36. The highest BCUT2D eigenvalue weighted by atomic mass is 32.1. The smallest absolute Gasteiger partial charge is 0.338 e. The van der Waals surface area contributed by atoms with Crippen molar-refractivity contribution in [2.45, 2.75) is 32.9 Å². The molecule has 0 N–H and O–H groups in total. The van der Waals surface area contributed by atoms with E-state index in [9.17, 15) is 19.7 Å². The molecule has 0 spiro atoms. The zero-order valence-electron chi connectivity index (χ0n) is 19.6. The molecule has 1 aliphatic rings. The number of esters is 1. The summed E-state index contributed by atoms with van der Waals surface area (Å²) in [5.74, 6) is -0.0552. The summed E-state index contributed by atoms with van der Waals surface area (Å²) in [5.41, 5.74) is 1.35. The monoisotopic (exact) mass is 493 g/mol. The van der Waals surface area contributed by atoms with Crippen LogP contribution in [-0.4, -0.2) is 28.7 Å². The number of hydrogen-bond acceptors (Lipinski definition) is 8. The molecule has 0 radical (unpaired) electrons. The summed E-state index contributed by atoms with van der Waals surface area (Å²) in [6, 6.07) is 12.4. The van der Waals surface area contributed by atoms with Gasteiger partial charge in [-0.15, -0.1) is 0 Å². The molecule has 0 aliphatic carbocycles. The predicted molar refractivity (Wildman–Crippen MR) is 131 cm³/mol. The first-order valence-corrected chi connectivity index (χ1v) is 11.6. The molecule has 1 aromatic heterocycles. The van der Waals surface area contributed by atoms with E-state index in [4.69, 9.17) is 9.47 Å². The van der Waals surface area contributed by atoms with Gasteiger partial charge in [-0.05, 0) is 38.5 Å². The highest BCUT2D eigenvalue weighted by molar-refractivity contribution is 7.07. The zero-order chi connectivity index (χ0) is 25.3. The number of allylic oxidation sites excluding steroid dienone is 1. The van der Waals surface area contributed by atoms with Crippen molar-refractivity contribution in [3.63, 3.8) is 0 Å². The Balaban J connectivity index is 1.98. The number of rotatable bonds is 6. The van der Waals surface area contributed by atoms with Crippen molar-refractivity contribution in [1.82, 2.24) is 4.57 Å². The quantitative estimate of drug-likeness (QED) is 0.296. The van der Waals surface area contributed by atoms with Crippen LogP contribution in [0.15, 0.2) is 69.6 Å². The molecule has 2 heterocycles. The van der Waals surface area contributed by atoms with E-state index >= 15 is 0 Å². The van der Waals surface area contributed by atoms with Gasteiger partial charge in [0.2, 0.25) is 0 Å². The minimum Gasteiger partial charge on any atom is -0.491 e. The average Bonchev–Trinajstić information content (AvgIpc) is 3.12. The Kier molecular flexibility index (Phi) is 6.65. The Labute approximate surface area is 204 Å². The molecule has 0 amide bonds. The number of nitro benzene ring substituents is 1. The summed E-state index contributed by atoms with van der Waals surface area (Å²) in [5, 5.41) is 11.2. The van der Waals surface area contributed by atoms with Gasteiger partial charge in [0.1, 0.15) is 11.8 Å². The van der Waals surface area contributed by atoms with Crippen molar-refractivity contribution >= 4 is 29.1 Å². The van der Waals surface area contributed by atoms with Crippen LogP contribution in [0.5, 0.6) is 5.75 Å². The van der Waals surface area contributed by atoms with Crippen LogP contribution in [0, 0.1) is 10.1 Å². The summed E-state index contributed by atoms with van der Waals surface area (Å²) < 4.78 is 12.8. The minimum absolute atomic E-state index is 0.0759. The third kappa shape index (κ3) is 4.65. The SMILES string of the molecule is COC(=O)C1=C(C)N=c2s/c(=C\c3cccc([N+](=O)[O-])c3)c(=O)n2[C@@H]1c1ccccc1OC(C)C. The van der Waals surface area contributed by atoms with Gasteiger partial charge in [0.05, 0.1) is 33.9 Å². The Morgan fingerprint density at radius 2 is 1.97 bits per heavy atom. The van der Waals surface area contributed by atoms with E-state index in [1.54, 1.807) is 31.2 Å². The number of ether oxygens (including phenoxy) is 2. The number of carbonyl (C=O) groups excluding carboxylic acids is 1. The van der Waals surface area contributed by atoms with Crippen molar-refractivity contribution in [2.75, 3.05) is 7.11 Å². The molecule has 0 unspecified atom stereocenters. The van der Waals surface area contributed by atoms with Crippen LogP contribution >= 0.6 is 11.3 Å². The molecular formula is C25H23N3O6S. The number of methoxy groups -OCH3 is 1. The van der Waals surface area contributed by atoms with Gasteiger partial charge in [0.15, 0.2) is 4.80 Å². The first-order valence-electron chi connectivity index (χ1n) is 10.8. The normalized spacial score (nSPS) is 15.6. The molecule has 0 bridgehead atoms. The van der Waals surface area contributed by atoms with Gasteiger partial charge in [-0.2, -0.15) is 0 Å². The fourth-order valence-electron chi connectivity index (χ4n) is 3.93. The molecular weight excluding hydrogens is 470 g/mol. The minimum atomic E-state index is -0.819. The summed E-state index contributed by atoms with van der Waals surface area (Å²) in [6.07, 6.45) is 1.45. The van der Waals surface area contributed by atoms with Crippen molar-refractivity contribution < 1.29 is 19.2 Å². The fourth-order valence-corrected chi connectivity index (χ4v) is 4.98. The highest BCUT2D eigenvalue weighted by Gasteiger charge is 2.34. The molecule has 1 atom stereocenters. The maximum absolute atomic E-state index is 13.6. The second kappa shape index (κ2) is 9.67. The van der Waals surface area contributed by atoms with Gasteiger partial charge in [0, 0.05) is 17.7 Å². The number of aromatic nitrogens is 1. The van der Waals surface area contributed by atoms with E-state index < -0.39 is 16.9 Å². The maximum atomic E-state index is 13.6. The Morgan fingerprint density at radius 3 is 2.66 bits per heavy atom. The summed E-state index contributed by atoms with van der Waals surface area (Å²) in [4.78, 5) is 42.1. The lowest BCUT2D eigenvalue weighted by molar-refractivity contribution is -0.384. The van der Waals surface area contributed by atoms with Gasteiger partial charge < -0.3 is 9.47 Å². The lowest BCUT2D eigenvalue weighted by Gasteiger charge is -2.26. The standard InChI is InChI=1S/C25H23N3O6S/c1-14(2)34-19-11-6-5-10-18(19)22-21(24(30)33-4)15(3)26-25-27(22)23(29)20(35-25)13-16-8-7-9-17(12-16)28(31)32/h5-14,22H,1-4H3/b20-13-/t22-/m1/s1. The number of nitrogens with zero attached hydrogens (tertiary/aromatic N) is 3. The molecule has 0 fully saturated rings. The van der Waals surface area contributed by atoms with Crippen LogP contribution in [-0.2, 0) is 9.53 Å². The first-order chi connectivity index (χ1) is 16.7. The van der Waals surface area contributed by atoms with E-state index in [2.05, 4.69) is 4.99 Å². The largest absolute Gasteiger partial charge is 0.491 e. The topological polar surface area (TPSA) is 113 Å². The number of benzene rings is 2. The van der Waals surface area contributed by atoms with Crippen molar-refractivity contribution in [3.8, 4) is 5.75 Å². The number of carbonyl (C=O) groups is 1. The molecule has 10 heteroatoms. The first kappa shape index (κ1) is 24.1. The lowest BCUT2D eigenvalue weighted by Crippen LogP contribution is -2.40. The molecule has 9 nitrogen and oxygen atoms in total. The number of para-hydroxylation sites is 1. The number of fused-ring (bicyclic) bond motifs is 1. The van der Waals surface area contributed by atoms with Crippen molar-refractivity contribution in [2.24, 2.45) is 4.99 Å². The molecule has 2 aromatic carbocycles. The second-order valence-electron chi connectivity index (χ2n) is 8.13. The second-order valence-corrected chi connectivity index (χ2v) is 9.14. The molecule has 35 heavy (non-hydrogen) atoms. The number of hydrogen-bond donors (Lipinski definition) is 0. The molecule has 1 aliphatic heterocycles. The van der Waals surface area contributed by atoms with Crippen LogP contribution in [0.1, 0.15) is 37.9 Å². The third-order valence-electron chi connectivity index (χ3n) is 5.38. The van der Waals surface area contributed by atoms with Crippen LogP contribution in [0.25, 0.3) is 6.08 Å². The Morgan fingerprint density at radius 1 is 1.23 bits per heavy atom. The van der Waals surface area contributed by atoms with Gasteiger partial charge in [-0.25, -0.2) is 9.79 Å². The van der Waals surface area contributed by atoms with Gasteiger partial charge in [0.25, 0.3) is 11.2 Å². The number of thiazole rings is 1. The lowest BCUT2D eigenvalue weighted by atomic mass is 9.95. The Hall–Kier alpha value is -4.05. The van der Waals surface area contributed by atoms with Gasteiger partial charge in [-0.1, -0.05) is 41.7 Å². The zero-order valence-corrected chi connectivity index (χ0v) is 20.4. The van der Waals surface area contributed by atoms with Crippen LogP contribution in [0.3, 0.4) is 0 Å². The van der Waals surface area contributed by atoms with Crippen LogP contribution in [0.2, 0.25) is 0 Å². The molecule has 180 valence electrons. The summed E-state index contributed by atoms with van der Waals surface area (Å²) in [7, 11) is 1.28. The maximum Gasteiger partial charge on any atom is 0.338 e. The Bertz CT molecular complexity index is 1530. The van der Waals surface area contributed by atoms with E-state index in [0.29, 0.717) is 31.9 Å². The number of non-ortho nitro benzene ring substituents is 1. The number of nitro groups is 1. The van der Waals surface area contributed by atoms with E-state index in [1.807, 2.05) is 32.0 Å².